The number of fused-ring (bicyclic) bond motifs is 1. The Bertz CT molecular complexity index is 704. The molecule has 0 saturated carbocycles. The molecule has 0 unspecified atom stereocenters. The Hall–Kier alpha value is -1.64. The van der Waals surface area contributed by atoms with E-state index in [-0.39, 0.29) is 10.6 Å². The molecule has 0 atom stereocenters. The summed E-state index contributed by atoms with van der Waals surface area (Å²) in [7, 11) is 1.27. The van der Waals surface area contributed by atoms with E-state index in [0.29, 0.717) is 10.9 Å². The predicted octanol–water partition coefficient (Wildman–Crippen LogP) is 2.03. The average molecular weight is 253 g/mol. The molecule has 80 valence electrons. The van der Waals surface area contributed by atoms with Gasteiger partial charge in [0.15, 0.2) is 5.03 Å². The standard InChI is InChI=1S/C10H5ClN2O2S/c11-16(14,15)10-5-7(6-12)8-3-1-2-4-9(8)13-10/h1-5H. The van der Waals surface area contributed by atoms with Crippen molar-refractivity contribution in [3.05, 3.63) is 35.9 Å². The third-order valence-electron chi connectivity index (χ3n) is 2.06. The van der Waals surface area contributed by atoms with Crippen molar-refractivity contribution in [2.75, 3.05) is 0 Å². The summed E-state index contributed by atoms with van der Waals surface area (Å²) in [6.07, 6.45) is 0. The highest BCUT2D eigenvalue weighted by Crippen LogP contribution is 2.21. The number of para-hydroxylation sites is 1. The van der Waals surface area contributed by atoms with Crippen LogP contribution in [0.3, 0.4) is 0 Å². The van der Waals surface area contributed by atoms with Crippen LogP contribution in [0, 0.1) is 11.3 Å². The molecule has 1 heterocycles. The number of nitrogens with zero attached hydrogens (tertiary/aromatic N) is 2. The van der Waals surface area contributed by atoms with Crippen molar-refractivity contribution >= 4 is 30.6 Å². The van der Waals surface area contributed by atoms with E-state index in [2.05, 4.69) is 4.98 Å². The third-order valence-corrected chi connectivity index (χ3v) is 3.25. The second-order valence-electron chi connectivity index (χ2n) is 3.07. The van der Waals surface area contributed by atoms with Crippen LogP contribution in [0.25, 0.3) is 10.9 Å². The Morgan fingerprint density at radius 2 is 2.00 bits per heavy atom. The molecule has 4 nitrogen and oxygen atoms in total. The predicted molar refractivity (Wildman–Crippen MR) is 59.5 cm³/mol. The highest BCUT2D eigenvalue weighted by atomic mass is 35.7. The van der Waals surface area contributed by atoms with Crippen molar-refractivity contribution in [2.24, 2.45) is 0 Å². The van der Waals surface area contributed by atoms with Gasteiger partial charge in [0.25, 0.3) is 9.05 Å². The van der Waals surface area contributed by atoms with E-state index in [1.54, 1.807) is 24.3 Å². The molecule has 0 spiro atoms. The maximum Gasteiger partial charge on any atom is 0.278 e. The molecule has 1 aromatic heterocycles. The van der Waals surface area contributed by atoms with Gasteiger partial charge in [0.2, 0.25) is 0 Å². The Kier molecular flexibility index (Phi) is 2.54. The Morgan fingerprint density at radius 1 is 1.31 bits per heavy atom. The first-order valence-electron chi connectivity index (χ1n) is 4.27. The van der Waals surface area contributed by atoms with E-state index in [9.17, 15) is 8.42 Å². The lowest BCUT2D eigenvalue weighted by atomic mass is 10.1. The Labute approximate surface area is 96.5 Å². The fraction of sp³-hybridized carbons (Fsp3) is 0. The smallest absolute Gasteiger partial charge is 0.235 e. The molecular weight excluding hydrogens is 248 g/mol. The molecular formula is C10H5ClN2O2S. The summed E-state index contributed by atoms with van der Waals surface area (Å²) in [5.74, 6) is 0. The van der Waals surface area contributed by atoms with Crippen molar-refractivity contribution in [1.82, 2.24) is 4.98 Å². The minimum atomic E-state index is -3.92. The van der Waals surface area contributed by atoms with E-state index < -0.39 is 9.05 Å². The summed E-state index contributed by atoms with van der Waals surface area (Å²) in [6, 6.07) is 9.88. The lowest BCUT2D eigenvalue weighted by molar-refractivity contribution is 0.606. The van der Waals surface area contributed by atoms with Gasteiger partial charge in [-0.3, -0.25) is 0 Å². The van der Waals surface area contributed by atoms with Crippen LogP contribution in [-0.2, 0) is 9.05 Å². The zero-order valence-electron chi connectivity index (χ0n) is 7.88. The number of benzene rings is 1. The van der Waals surface area contributed by atoms with Gasteiger partial charge >= 0.3 is 0 Å². The zero-order chi connectivity index (χ0) is 11.8. The van der Waals surface area contributed by atoms with Crippen molar-refractivity contribution < 1.29 is 8.42 Å². The van der Waals surface area contributed by atoms with Crippen LogP contribution in [0.4, 0.5) is 0 Å². The highest BCUT2D eigenvalue weighted by Gasteiger charge is 2.15. The first-order valence-corrected chi connectivity index (χ1v) is 6.58. The van der Waals surface area contributed by atoms with Crippen LogP contribution in [-0.4, -0.2) is 13.4 Å². The Balaban J connectivity index is 2.91. The monoisotopic (exact) mass is 252 g/mol. The van der Waals surface area contributed by atoms with Crippen LogP contribution < -0.4 is 0 Å². The van der Waals surface area contributed by atoms with Crippen molar-refractivity contribution in [2.45, 2.75) is 5.03 Å². The van der Waals surface area contributed by atoms with Gasteiger partial charge in [-0.15, -0.1) is 0 Å². The van der Waals surface area contributed by atoms with Gasteiger partial charge in [0.1, 0.15) is 0 Å². The van der Waals surface area contributed by atoms with Gasteiger partial charge in [0.05, 0.1) is 17.1 Å². The molecule has 16 heavy (non-hydrogen) atoms. The SMILES string of the molecule is N#Cc1cc(S(=O)(=O)Cl)nc2ccccc12. The number of hydrogen-bond acceptors (Lipinski definition) is 4. The summed E-state index contributed by atoms with van der Waals surface area (Å²) in [5.41, 5.74) is 0.672. The summed E-state index contributed by atoms with van der Waals surface area (Å²) < 4.78 is 22.3. The number of pyridine rings is 1. The van der Waals surface area contributed by atoms with Gasteiger partial charge in [-0.1, -0.05) is 18.2 Å². The molecule has 0 aliphatic heterocycles. The van der Waals surface area contributed by atoms with Crippen molar-refractivity contribution in [1.29, 1.82) is 5.26 Å². The molecule has 0 saturated heterocycles. The molecule has 0 radical (unpaired) electrons. The highest BCUT2D eigenvalue weighted by molar-refractivity contribution is 8.13. The molecule has 0 aliphatic carbocycles. The third kappa shape index (κ3) is 1.85. The van der Waals surface area contributed by atoms with E-state index in [1.165, 1.54) is 6.07 Å². The van der Waals surface area contributed by atoms with E-state index in [1.807, 2.05) is 6.07 Å². The van der Waals surface area contributed by atoms with E-state index in [4.69, 9.17) is 15.9 Å². The number of hydrogen-bond donors (Lipinski definition) is 0. The number of aromatic nitrogens is 1. The van der Waals surface area contributed by atoms with Gasteiger partial charge in [-0.2, -0.15) is 5.26 Å². The van der Waals surface area contributed by atoms with Crippen molar-refractivity contribution in [3.8, 4) is 6.07 Å². The van der Waals surface area contributed by atoms with Gasteiger partial charge in [-0.25, -0.2) is 13.4 Å². The van der Waals surface area contributed by atoms with Gasteiger partial charge < -0.3 is 0 Å². The fourth-order valence-corrected chi connectivity index (χ4v) is 2.07. The first kappa shape index (κ1) is 10.9. The lowest BCUT2D eigenvalue weighted by Gasteiger charge is -2.01. The maximum absolute atomic E-state index is 11.1. The molecule has 0 amide bonds. The second kappa shape index (κ2) is 3.74. The number of rotatable bonds is 1. The molecule has 2 rings (SSSR count). The summed E-state index contributed by atoms with van der Waals surface area (Å²) in [4.78, 5) is 3.88. The normalized spacial score (nSPS) is 11.2. The van der Waals surface area contributed by atoms with Crippen LogP contribution in [0.5, 0.6) is 0 Å². The van der Waals surface area contributed by atoms with Gasteiger partial charge in [0, 0.05) is 16.1 Å². The molecule has 0 bridgehead atoms. The topological polar surface area (TPSA) is 70.8 Å². The number of halogens is 1. The summed E-state index contributed by atoms with van der Waals surface area (Å²) >= 11 is 0. The molecule has 2 aromatic rings. The molecule has 1 aromatic carbocycles. The zero-order valence-corrected chi connectivity index (χ0v) is 9.46. The summed E-state index contributed by atoms with van der Waals surface area (Å²) in [5, 5.41) is 9.21. The van der Waals surface area contributed by atoms with Crippen LogP contribution in [0.2, 0.25) is 0 Å². The van der Waals surface area contributed by atoms with E-state index >= 15 is 0 Å². The maximum atomic E-state index is 11.1. The second-order valence-corrected chi connectivity index (χ2v) is 5.59. The number of nitriles is 1. The minimum Gasteiger partial charge on any atom is -0.235 e. The fourth-order valence-electron chi connectivity index (χ4n) is 1.37. The lowest BCUT2D eigenvalue weighted by Crippen LogP contribution is -1.97. The molecule has 0 fully saturated rings. The molecule has 0 aliphatic rings. The molecule has 6 heteroatoms. The first-order chi connectivity index (χ1) is 7.52. The Morgan fingerprint density at radius 3 is 2.62 bits per heavy atom. The largest absolute Gasteiger partial charge is 0.278 e. The van der Waals surface area contributed by atoms with Gasteiger partial charge in [-0.05, 0) is 12.1 Å². The quantitative estimate of drug-likeness (QED) is 0.728. The van der Waals surface area contributed by atoms with Crippen LogP contribution in [0.15, 0.2) is 35.4 Å². The minimum absolute atomic E-state index is 0.241. The molecule has 0 N–H and O–H groups in total. The van der Waals surface area contributed by atoms with E-state index in [0.717, 1.165) is 0 Å². The van der Waals surface area contributed by atoms with Crippen LogP contribution >= 0.6 is 10.7 Å². The average Bonchev–Trinajstić information content (AvgIpc) is 2.26. The van der Waals surface area contributed by atoms with Crippen LogP contribution in [0.1, 0.15) is 5.56 Å². The summed E-state index contributed by atoms with van der Waals surface area (Å²) in [6.45, 7) is 0. The van der Waals surface area contributed by atoms with Crippen molar-refractivity contribution in [3.63, 3.8) is 0 Å².